The highest BCUT2D eigenvalue weighted by atomic mass is 28.4. The second kappa shape index (κ2) is 10.1. The van der Waals surface area contributed by atoms with Gasteiger partial charge in [-0.15, -0.1) is 0 Å². The lowest BCUT2D eigenvalue weighted by atomic mass is 9.86. The lowest BCUT2D eigenvalue weighted by Crippen LogP contribution is -2.44. The average Bonchev–Trinajstić information content (AvgIpc) is 3.27. The molecule has 1 aromatic carbocycles. The Hall–Kier alpha value is -3.41. The number of esters is 1. The number of hydrogen-bond donors (Lipinski definition) is 2. The molecule has 0 radical (unpaired) electrons. The van der Waals surface area contributed by atoms with Crippen molar-refractivity contribution >= 4 is 31.1 Å². The summed E-state index contributed by atoms with van der Waals surface area (Å²) in [4.78, 5) is 44.4. The minimum atomic E-state index is -2.67. The molecule has 224 valence electrons. The van der Waals surface area contributed by atoms with E-state index in [2.05, 4.69) is 5.32 Å². The molecule has 0 unspecified atom stereocenters. The SMILES string of the molecule is [2H]C([2H])(O[Si](C)(C)C(C)(C)C)C(=O)N[C@@H](C)c1c2c(nc3cc(F)c(C)cc13)-c1cc3c(c(=O)n1C2)COC(=O)[C@]3(O)CC. The predicted octanol–water partition coefficient (Wildman–Crippen LogP) is 4.73. The van der Waals surface area contributed by atoms with Crippen LogP contribution in [0.4, 0.5) is 4.39 Å². The molecule has 0 fully saturated rings. The number of carbonyl (C=O) groups excluding carboxylic acids is 2. The van der Waals surface area contributed by atoms with Crippen LogP contribution in [0.3, 0.4) is 0 Å². The van der Waals surface area contributed by atoms with E-state index in [1.807, 2.05) is 33.9 Å². The molecule has 0 aliphatic carbocycles. The molecular weight excluding hydrogens is 557 g/mol. The standard InChI is InChI=1S/C31H38FN3O6Si/c1-9-31(39)21-11-24-27-19(13-35(24)28(37)20(21)14-40-29(31)38)26(18-10-16(2)22(32)12-23(18)34-27)17(3)33-25(36)15-41-42(7,8)30(4,5)6/h10-12,17,39H,9,13-15H2,1-8H3,(H,33,36)/t17-,31-/m0/s1/i15D2. The van der Waals surface area contributed by atoms with Crippen molar-refractivity contribution in [2.45, 2.75) is 90.9 Å². The number of ether oxygens (including phenoxy) is 1. The van der Waals surface area contributed by atoms with E-state index < -0.39 is 49.8 Å². The van der Waals surface area contributed by atoms with E-state index in [0.717, 1.165) is 0 Å². The molecule has 2 aromatic heterocycles. The number of carbonyl (C=O) groups is 2. The lowest BCUT2D eigenvalue weighted by Gasteiger charge is -2.36. The normalized spacial score (nSPS) is 19.8. The minimum Gasteiger partial charge on any atom is -0.458 e. The number of halogens is 1. The summed E-state index contributed by atoms with van der Waals surface area (Å²) in [6.45, 7) is 11.6. The van der Waals surface area contributed by atoms with E-state index in [-0.39, 0.29) is 41.3 Å². The topological polar surface area (TPSA) is 120 Å². The van der Waals surface area contributed by atoms with Gasteiger partial charge in [0.05, 0.1) is 37.8 Å². The number of cyclic esters (lactones) is 1. The number of aliphatic hydroxyl groups is 1. The van der Waals surface area contributed by atoms with Gasteiger partial charge in [-0.05, 0) is 61.7 Å². The Morgan fingerprint density at radius 3 is 2.64 bits per heavy atom. The Morgan fingerprint density at radius 1 is 1.31 bits per heavy atom. The van der Waals surface area contributed by atoms with E-state index in [1.54, 1.807) is 32.9 Å². The second-order valence-electron chi connectivity index (χ2n) is 12.7. The molecule has 4 heterocycles. The average molecular weight is 598 g/mol. The first kappa shape index (κ1) is 27.4. The van der Waals surface area contributed by atoms with Gasteiger partial charge in [0.25, 0.3) is 5.56 Å². The van der Waals surface area contributed by atoms with E-state index in [4.69, 9.17) is 16.9 Å². The molecule has 2 N–H and O–H groups in total. The van der Waals surface area contributed by atoms with Crippen molar-refractivity contribution in [2.24, 2.45) is 0 Å². The number of hydrogen-bond acceptors (Lipinski definition) is 7. The van der Waals surface area contributed by atoms with Gasteiger partial charge in [0.2, 0.25) is 5.91 Å². The zero-order valence-corrected chi connectivity index (χ0v) is 26.2. The van der Waals surface area contributed by atoms with Gasteiger partial charge in [-0.1, -0.05) is 27.7 Å². The first-order chi connectivity index (χ1) is 20.2. The maximum Gasteiger partial charge on any atom is 0.343 e. The number of nitrogens with one attached hydrogen (secondary N) is 1. The number of fused-ring (bicyclic) bond motifs is 5. The van der Waals surface area contributed by atoms with Crippen molar-refractivity contribution in [3.63, 3.8) is 0 Å². The predicted molar refractivity (Wildman–Crippen MR) is 159 cm³/mol. The largest absolute Gasteiger partial charge is 0.458 e. The third kappa shape index (κ3) is 4.67. The Balaban J connectivity index is 1.66. The lowest BCUT2D eigenvalue weighted by molar-refractivity contribution is -0.172. The maximum atomic E-state index is 14.8. The molecule has 2 aliphatic heterocycles. The Labute approximate surface area is 248 Å². The molecule has 11 heteroatoms. The van der Waals surface area contributed by atoms with Crippen molar-refractivity contribution in [3.05, 3.63) is 62.2 Å². The molecule has 5 rings (SSSR count). The van der Waals surface area contributed by atoms with Crippen molar-refractivity contribution in [1.29, 1.82) is 0 Å². The van der Waals surface area contributed by atoms with Crippen molar-refractivity contribution in [1.82, 2.24) is 14.9 Å². The number of nitrogens with zero attached hydrogens (tertiary/aromatic N) is 2. The van der Waals surface area contributed by atoms with Gasteiger partial charge in [0.15, 0.2) is 13.9 Å². The highest BCUT2D eigenvalue weighted by Gasteiger charge is 2.45. The summed E-state index contributed by atoms with van der Waals surface area (Å²) in [5, 5.41) is 14.2. The van der Waals surface area contributed by atoms with Gasteiger partial charge < -0.3 is 24.2 Å². The Morgan fingerprint density at radius 2 is 2.00 bits per heavy atom. The fourth-order valence-electron chi connectivity index (χ4n) is 5.36. The molecule has 0 bridgehead atoms. The van der Waals surface area contributed by atoms with Crippen molar-refractivity contribution in [3.8, 4) is 11.4 Å². The van der Waals surface area contributed by atoms with Crippen LogP contribution in [0.2, 0.25) is 18.1 Å². The number of aryl methyl sites for hydroxylation is 1. The molecular formula is C31H38FN3O6Si. The summed E-state index contributed by atoms with van der Waals surface area (Å²) in [7, 11) is -2.67. The second-order valence-corrected chi connectivity index (χ2v) is 17.5. The number of benzene rings is 1. The van der Waals surface area contributed by atoms with Crippen LogP contribution in [0.15, 0.2) is 23.0 Å². The van der Waals surface area contributed by atoms with Crippen LogP contribution in [-0.4, -0.2) is 41.4 Å². The molecule has 2 aliphatic rings. The fourth-order valence-corrected chi connectivity index (χ4v) is 6.01. The molecule has 2 atom stereocenters. The smallest absolute Gasteiger partial charge is 0.343 e. The summed E-state index contributed by atoms with van der Waals surface area (Å²) in [6.07, 6.45) is -0.0164. The van der Waals surface area contributed by atoms with Crippen LogP contribution in [0, 0.1) is 12.7 Å². The summed E-state index contributed by atoms with van der Waals surface area (Å²) in [5.41, 5.74) is 0.270. The zero-order chi connectivity index (χ0) is 32.7. The first-order valence-corrected chi connectivity index (χ1v) is 16.9. The molecule has 1 amide bonds. The van der Waals surface area contributed by atoms with Crippen LogP contribution >= 0.6 is 0 Å². The molecule has 3 aromatic rings. The third-order valence-corrected chi connectivity index (χ3v) is 13.2. The van der Waals surface area contributed by atoms with Crippen LogP contribution < -0.4 is 10.9 Å². The fraction of sp³-hybridized carbons (Fsp3) is 0.484. The summed E-state index contributed by atoms with van der Waals surface area (Å²) in [5.74, 6) is -2.29. The first-order valence-electron chi connectivity index (χ1n) is 15.0. The van der Waals surface area contributed by atoms with Gasteiger partial charge in [-0.2, -0.15) is 0 Å². The van der Waals surface area contributed by atoms with E-state index in [0.29, 0.717) is 33.5 Å². The number of amides is 1. The highest BCUT2D eigenvalue weighted by Crippen LogP contribution is 2.42. The van der Waals surface area contributed by atoms with Gasteiger partial charge in [0, 0.05) is 22.6 Å². The monoisotopic (exact) mass is 597 g/mol. The minimum absolute atomic E-state index is 0.0164. The van der Waals surface area contributed by atoms with E-state index in [9.17, 15) is 23.9 Å². The number of rotatable bonds is 6. The molecule has 0 spiro atoms. The van der Waals surface area contributed by atoms with Crippen LogP contribution in [0.5, 0.6) is 0 Å². The van der Waals surface area contributed by atoms with Crippen LogP contribution in [0.1, 0.15) is 77.6 Å². The van der Waals surface area contributed by atoms with Gasteiger partial charge in [0.1, 0.15) is 19.0 Å². The van der Waals surface area contributed by atoms with E-state index in [1.165, 1.54) is 10.6 Å². The maximum absolute atomic E-state index is 14.8. The zero-order valence-electron chi connectivity index (χ0n) is 27.2. The Kier molecular flexibility index (Phi) is 6.59. The molecule has 0 saturated heterocycles. The van der Waals surface area contributed by atoms with Gasteiger partial charge >= 0.3 is 5.97 Å². The Bertz CT molecular complexity index is 1800. The molecule has 9 nitrogen and oxygen atoms in total. The van der Waals surface area contributed by atoms with E-state index >= 15 is 0 Å². The highest BCUT2D eigenvalue weighted by molar-refractivity contribution is 6.74. The summed E-state index contributed by atoms with van der Waals surface area (Å²) >= 11 is 0. The third-order valence-electron chi connectivity index (χ3n) is 9.00. The van der Waals surface area contributed by atoms with Gasteiger partial charge in [-0.3, -0.25) is 9.59 Å². The summed E-state index contributed by atoms with van der Waals surface area (Å²) in [6, 6.07) is 3.66. The summed E-state index contributed by atoms with van der Waals surface area (Å²) < 4.78 is 44.3. The molecule has 42 heavy (non-hydrogen) atoms. The number of pyridine rings is 2. The molecule has 0 saturated carbocycles. The van der Waals surface area contributed by atoms with Crippen molar-refractivity contribution < 1.29 is 31.0 Å². The van der Waals surface area contributed by atoms with Crippen LogP contribution in [-0.2, 0) is 37.5 Å². The van der Waals surface area contributed by atoms with Crippen molar-refractivity contribution in [2.75, 3.05) is 6.56 Å². The van der Waals surface area contributed by atoms with Gasteiger partial charge in [-0.25, -0.2) is 14.2 Å². The van der Waals surface area contributed by atoms with Crippen LogP contribution in [0.25, 0.3) is 22.3 Å². The quantitative estimate of drug-likeness (QED) is 0.244. The number of aromatic nitrogens is 2.